The Hall–Kier alpha value is -12.5. The van der Waals surface area contributed by atoms with Crippen molar-refractivity contribution in [2.24, 2.45) is 75.5 Å². The molecule has 26 nitrogen and oxygen atoms in total. The summed E-state index contributed by atoms with van der Waals surface area (Å²) in [5.74, 6) is 7.03. The number of halogens is 2. The van der Waals surface area contributed by atoms with Gasteiger partial charge in [0.2, 0.25) is 5.95 Å². The van der Waals surface area contributed by atoms with Crippen LogP contribution in [0.4, 0.5) is 92.0 Å². The van der Waals surface area contributed by atoms with Crippen molar-refractivity contribution in [2.75, 3.05) is 101 Å². The van der Waals surface area contributed by atoms with Crippen molar-refractivity contribution in [3.05, 3.63) is 268 Å². The molecule has 6 aromatic carbocycles. The summed E-state index contributed by atoms with van der Waals surface area (Å²) in [6.45, 7) is 3.75. The normalized spacial score (nSPS) is 11.2. The largest absolute Gasteiger partial charge is 0.497 e. The maximum Gasteiger partial charge on any atom is 0.421 e. The van der Waals surface area contributed by atoms with Gasteiger partial charge in [0.1, 0.15) is 34.2 Å². The average molecular weight is 1710 g/mol. The number of imidazole rings is 2. The predicted octanol–water partition coefficient (Wildman–Crippen LogP) is 23.8. The molecule has 0 aliphatic heterocycles. The quantitative estimate of drug-likeness (QED) is 0.0157. The van der Waals surface area contributed by atoms with E-state index in [1.807, 2.05) is 299 Å². The summed E-state index contributed by atoms with van der Waals surface area (Å²) in [6, 6.07) is 70.7. The van der Waals surface area contributed by atoms with Gasteiger partial charge in [0.05, 0.1) is 105 Å². The zero-order chi connectivity index (χ0) is 85.3. The molecule has 0 saturated carbocycles. The molecule has 0 fully saturated rings. The fourth-order valence-electron chi connectivity index (χ4n) is 11.5. The molecule has 12 rings (SSSR count). The van der Waals surface area contributed by atoms with Crippen LogP contribution >= 0.6 is 27.5 Å². The predicted molar refractivity (Wildman–Crippen MR) is 487 cm³/mol. The van der Waals surface area contributed by atoms with Crippen LogP contribution in [0.1, 0.15) is 77.0 Å². The van der Waals surface area contributed by atoms with Gasteiger partial charge in [0, 0.05) is 139 Å². The minimum absolute atomic E-state index is 0.579. The van der Waals surface area contributed by atoms with Gasteiger partial charge in [-0.3, -0.25) is 0 Å². The number of unbranched alkanes of at least 4 members (excludes halogenated alkanes) is 9. The first kappa shape index (κ1) is 93.0. The van der Waals surface area contributed by atoms with Crippen LogP contribution in [-0.4, -0.2) is 101 Å². The summed E-state index contributed by atoms with van der Waals surface area (Å²) < 4.78 is 22.7. The van der Waals surface area contributed by atoms with E-state index in [0.717, 1.165) is 168 Å². The zero-order valence-corrected chi connectivity index (χ0v) is 73.8. The summed E-state index contributed by atoms with van der Waals surface area (Å²) >= 11 is 9.19. The Labute approximate surface area is 721 Å². The fraction of sp³-hybridized carbons (Fsp3) is 0.326. The summed E-state index contributed by atoms with van der Waals surface area (Å²) in [5, 5.41) is 52.8. The van der Waals surface area contributed by atoms with Crippen LogP contribution in [0.15, 0.2) is 329 Å². The molecule has 0 spiro atoms. The van der Waals surface area contributed by atoms with Gasteiger partial charge in [-0.1, -0.05) is 64.6 Å². The molecule has 6 aromatic heterocycles. The number of azo groups is 6. The number of methoxy groups -OCH3 is 2. The van der Waals surface area contributed by atoms with Crippen LogP contribution in [-0.2, 0) is 40.3 Å². The van der Waals surface area contributed by atoms with E-state index in [1.165, 1.54) is 38.5 Å². The molecule has 0 atom stereocenters. The molecule has 28 heteroatoms. The first-order chi connectivity index (χ1) is 58.5. The van der Waals surface area contributed by atoms with Crippen molar-refractivity contribution in [3.8, 4) is 11.5 Å². The highest BCUT2D eigenvalue weighted by Crippen LogP contribution is 2.27. The van der Waals surface area contributed by atoms with Crippen LogP contribution in [0.5, 0.6) is 11.5 Å². The highest BCUT2D eigenvalue weighted by molar-refractivity contribution is 9.09. The lowest BCUT2D eigenvalue weighted by Crippen LogP contribution is -2.33. The molecule has 0 amide bonds. The Morgan fingerprint density at radius 2 is 0.717 bits per heavy atom. The van der Waals surface area contributed by atoms with Crippen molar-refractivity contribution in [1.29, 1.82) is 0 Å². The summed E-state index contributed by atoms with van der Waals surface area (Å²) in [6.07, 6.45) is 29.5. The maximum atomic E-state index is 5.71. The highest BCUT2D eigenvalue weighted by atomic mass is 79.9. The maximum absolute atomic E-state index is 5.71. The minimum Gasteiger partial charge on any atom is -0.497 e. The standard InChI is InChI=1S/C30H38N8O.C19H26BrN4.C19H26ClN4.C13H14N4.C11H12N4O/c1-35(2)27-16-12-25(13-17-27)31-33-29-11-7-10-21-37(29)20-8-5-6-9-22-38-24-23-36(3)30(38)34-32-26-14-18-28(39-4)19-15-26;2*1-23(2)18-12-10-17(11-13-18)21-22-19-9-5-8-16-24(19)15-7-4-3-6-14-20;1-17(2)12-8-6-11(7-9-12)15-16-13-5-3-4-10-14-13;1-15-8-7-12-11(15)14-13-9-3-5-10(16-2)6-4-9/h7,10-19,21,23-24H,5-6,8-9,20,22H2,1-4H3;2*5,8-13,16H,3-4,6-7,14-15H2,1-2H3;3-10H,1-2H3;3-8H,1-2H3/q+2;2*+1;;. The molecule has 626 valence electrons. The van der Waals surface area contributed by atoms with Crippen molar-refractivity contribution in [2.45, 2.75) is 103 Å². The molecule has 0 aliphatic rings. The van der Waals surface area contributed by atoms with Gasteiger partial charge < -0.3 is 33.6 Å². The molecule has 0 radical (unpaired) electrons. The smallest absolute Gasteiger partial charge is 0.421 e. The summed E-state index contributed by atoms with van der Waals surface area (Å²) in [7, 11) is 23.3. The fourth-order valence-corrected chi connectivity index (χ4v) is 12.1. The lowest BCUT2D eigenvalue weighted by molar-refractivity contribution is -0.685. The number of benzene rings is 6. The number of alkyl halides is 2. The van der Waals surface area contributed by atoms with Crippen molar-refractivity contribution in [1.82, 2.24) is 19.1 Å². The second-order valence-corrected chi connectivity index (χ2v) is 29.7. The molecule has 12 aromatic rings. The first-order valence-electron chi connectivity index (χ1n) is 40.4. The molecular formula is C92H116BrClN24O2+4. The average Bonchev–Trinajstić information content (AvgIpc) is 1.57. The summed E-state index contributed by atoms with van der Waals surface area (Å²) in [4.78, 5) is 16.4. The summed E-state index contributed by atoms with van der Waals surface area (Å²) in [5.41, 5.74) is 9.55. The highest BCUT2D eigenvalue weighted by Gasteiger charge is 2.16. The molecular weight excluding hydrogens is 1590 g/mol. The zero-order valence-electron chi connectivity index (χ0n) is 71.4. The number of rotatable bonds is 37. The Balaban J connectivity index is 0.000000194. The number of pyridine rings is 4. The lowest BCUT2D eigenvalue weighted by atomic mass is 10.2. The van der Waals surface area contributed by atoms with E-state index < -0.39 is 0 Å². The molecule has 0 saturated heterocycles. The minimum atomic E-state index is 0.579. The van der Waals surface area contributed by atoms with Gasteiger partial charge in [0.25, 0.3) is 0 Å². The van der Waals surface area contributed by atoms with Crippen LogP contribution in [0, 0.1) is 0 Å². The molecule has 0 aliphatic carbocycles. The van der Waals surface area contributed by atoms with E-state index in [1.54, 1.807) is 31.2 Å². The number of aromatic nitrogens is 8. The van der Waals surface area contributed by atoms with Gasteiger partial charge in [-0.2, -0.15) is 0 Å². The van der Waals surface area contributed by atoms with Gasteiger partial charge >= 0.3 is 23.4 Å². The monoisotopic (exact) mass is 1700 g/mol. The number of nitrogens with zero attached hydrogens (tertiary/aromatic N) is 24. The van der Waals surface area contributed by atoms with Gasteiger partial charge in [0.15, 0.2) is 5.82 Å². The third-order valence-corrected chi connectivity index (χ3v) is 19.4. The molecule has 0 unspecified atom stereocenters. The number of hydrogen-bond acceptors (Lipinski definition) is 20. The van der Waals surface area contributed by atoms with Crippen LogP contribution in [0.2, 0.25) is 0 Å². The van der Waals surface area contributed by atoms with E-state index >= 15 is 0 Å². The number of hydrogen-bond donors (Lipinski definition) is 0. The molecule has 6 heterocycles. The topological polar surface area (TPSA) is 231 Å². The Morgan fingerprint density at radius 3 is 1.07 bits per heavy atom. The van der Waals surface area contributed by atoms with E-state index in [0.29, 0.717) is 11.8 Å². The van der Waals surface area contributed by atoms with Crippen molar-refractivity contribution in [3.63, 3.8) is 0 Å². The van der Waals surface area contributed by atoms with E-state index in [4.69, 9.17) is 21.1 Å². The van der Waals surface area contributed by atoms with E-state index in [-0.39, 0.29) is 0 Å². The van der Waals surface area contributed by atoms with Crippen LogP contribution < -0.4 is 47.3 Å². The third kappa shape index (κ3) is 33.9. The van der Waals surface area contributed by atoms with Gasteiger partial charge in [-0.05, 0) is 249 Å². The number of anilines is 4. The number of aryl methyl sites for hydroxylation is 6. The first-order valence-corrected chi connectivity index (χ1v) is 42.0. The number of ether oxygens (including phenoxy) is 2. The third-order valence-electron chi connectivity index (χ3n) is 18.5. The molecule has 0 bridgehead atoms. The SMILES string of the molecule is CN(C)c1ccc(N=Nc2cccc[n+]2CCCCCCBr)cc1.CN(C)c1ccc(N=Nc2cccc[n+]2CCCCCCCl)cc1.CN(C)c1ccc(N=Nc2ccccn2)cc1.COc1ccc(N=Nc2n(CCCCCC[n+]3ccccc3N=Nc3ccc(N(C)C)cc3)cc[n+]2C)cc1.COc1ccc(N=Nc2nccn2C)cc1. The van der Waals surface area contributed by atoms with Crippen LogP contribution in [0.25, 0.3) is 0 Å². The van der Waals surface area contributed by atoms with Crippen LogP contribution in [0.3, 0.4) is 0 Å². The van der Waals surface area contributed by atoms with E-state index in [2.05, 4.69) is 157 Å². The van der Waals surface area contributed by atoms with E-state index in [9.17, 15) is 0 Å². The molecule has 0 N–H and O–H groups in total. The Kier molecular flexibility index (Phi) is 41.1. The second kappa shape index (κ2) is 53.0. The Morgan fingerprint density at radius 1 is 0.358 bits per heavy atom. The Bertz CT molecular complexity index is 4940. The van der Waals surface area contributed by atoms with Gasteiger partial charge in [-0.25, -0.2) is 32.8 Å². The van der Waals surface area contributed by atoms with Crippen molar-refractivity contribution < 1.29 is 27.7 Å². The lowest BCUT2D eigenvalue weighted by Gasteiger charge is -2.11. The second-order valence-electron chi connectivity index (χ2n) is 28.5. The molecule has 120 heavy (non-hydrogen) atoms. The van der Waals surface area contributed by atoms with Crippen molar-refractivity contribution >= 4 is 120 Å². The van der Waals surface area contributed by atoms with Gasteiger partial charge in [-0.15, -0.1) is 32.1 Å².